The van der Waals surface area contributed by atoms with E-state index in [-0.39, 0.29) is 0 Å². The van der Waals surface area contributed by atoms with E-state index in [1.165, 1.54) is 25.9 Å². The van der Waals surface area contributed by atoms with Gasteiger partial charge in [-0.2, -0.15) is 0 Å². The minimum atomic E-state index is 0.851. The summed E-state index contributed by atoms with van der Waals surface area (Å²) < 4.78 is 0. The summed E-state index contributed by atoms with van der Waals surface area (Å²) in [6.07, 6.45) is 2.82. The molecule has 1 N–H and O–H groups in total. The van der Waals surface area contributed by atoms with Gasteiger partial charge in [0, 0.05) is 25.2 Å². The quantitative estimate of drug-likeness (QED) is 0.564. The monoisotopic (exact) mass is 156 g/mol. The topological polar surface area (TPSA) is 15.3 Å². The van der Waals surface area contributed by atoms with Crippen LogP contribution in [0.2, 0.25) is 0 Å². The van der Waals surface area contributed by atoms with Gasteiger partial charge in [-0.05, 0) is 19.9 Å². The number of nitrogens with one attached hydrogen (secondary N) is 1. The predicted octanol–water partition coefficient (Wildman–Crippen LogP) is 1.08. The van der Waals surface area contributed by atoms with E-state index in [2.05, 4.69) is 17.3 Å². The molecule has 2 saturated heterocycles. The molecule has 0 aromatic heterocycles. The maximum absolute atomic E-state index is 3.44. The van der Waals surface area contributed by atoms with Crippen LogP contribution in [0.5, 0.6) is 0 Å². The Morgan fingerprint density at radius 2 is 1.55 bits per heavy atom. The van der Waals surface area contributed by atoms with E-state index in [1.807, 2.05) is 13.8 Å². The van der Waals surface area contributed by atoms with Gasteiger partial charge >= 0.3 is 0 Å². The van der Waals surface area contributed by atoms with Crippen LogP contribution in [0, 0.1) is 0 Å². The van der Waals surface area contributed by atoms with Crippen LogP contribution in [0.3, 0.4) is 0 Å². The molecule has 0 aromatic rings. The lowest BCUT2D eigenvalue weighted by Gasteiger charge is -2.31. The summed E-state index contributed by atoms with van der Waals surface area (Å²) in [4.78, 5) is 2.52. The van der Waals surface area contributed by atoms with E-state index in [9.17, 15) is 0 Å². The molecule has 2 heteroatoms. The van der Waals surface area contributed by atoms with E-state index in [0.717, 1.165) is 12.1 Å². The zero-order valence-corrected chi connectivity index (χ0v) is 7.93. The van der Waals surface area contributed by atoms with Gasteiger partial charge in [-0.25, -0.2) is 0 Å². The third-order valence-corrected chi connectivity index (χ3v) is 2.74. The summed E-state index contributed by atoms with van der Waals surface area (Å²) in [6, 6.07) is 1.70. The molecule has 2 aliphatic heterocycles. The van der Waals surface area contributed by atoms with Crippen LogP contribution in [-0.4, -0.2) is 37.1 Å². The molecule has 66 valence electrons. The molecule has 0 aliphatic carbocycles. The molecule has 0 radical (unpaired) electrons. The highest BCUT2D eigenvalue weighted by atomic mass is 15.2. The summed E-state index contributed by atoms with van der Waals surface area (Å²) in [5.41, 5.74) is 0. The lowest BCUT2D eigenvalue weighted by Crippen LogP contribution is -2.49. The van der Waals surface area contributed by atoms with Gasteiger partial charge in [0.15, 0.2) is 0 Å². The first-order valence-corrected chi connectivity index (χ1v) is 4.80. The molecule has 0 spiro atoms. The zero-order chi connectivity index (χ0) is 8.27. The smallest absolute Gasteiger partial charge is 0.0221 e. The number of likely N-dealkylation sites (N-methyl/N-ethyl adjacent to an activating group) is 1. The summed E-state index contributed by atoms with van der Waals surface area (Å²) in [6.45, 7) is 6.43. The number of fused-ring (bicyclic) bond motifs is 2. The Kier molecular flexibility index (Phi) is 3.34. The fourth-order valence-electron chi connectivity index (χ4n) is 2.00. The minimum Gasteiger partial charge on any atom is -0.314 e. The third kappa shape index (κ3) is 1.74. The van der Waals surface area contributed by atoms with Crippen molar-refractivity contribution >= 4 is 0 Å². The summed E-state index contributed by atoms with van der Waals surface area (Å²) >= 11 is 0. The number of rotatable bonds is 0. The van der Waals surface area contributed by atoms with Crippen molar-refractivity contribution in [2.75, 3.05) is 20.1 Å². The SMILES string of the molecule is CC.CN1C2CCC1CNC2. The van der Waals surface area contributed by atoms with Gasteiger partial charge in [-0.3, -0.25) is 4.90 Å². The fourth-order valence-corrected chi connectivity index (χ4v) is 2.00. The van der Waals surface area contributed by atoms with E-state index in [4.69, 9.17) is 0 Å². The van der Waals surface area contributed by atoms with Crippen molar-refractivity contribution in [2.24, 2.45) is 0 Å². The highest BCUT2D eigenvalue weighted by Gasteiger charge is 2.32. The van der Waals surface area contributed by atoms with Crippen LogP contribution in [0.25, 0.3) is 0 Å². The van der Waals surface area contributed by atoms with Gasteiger partial charge in [0.1, 0.15) is 0 Å². The lowest BCUT2D eigenvalue weighted by atomic mass is 10.2. The first-order chi connectivity index (χ1) is 5.38. The Labute approximate surface area is 70.0 Å². The van der Waals surface area contributed by atoms with E-state index in [1.54, 1.807) is 0 Å². The van der Waals surface area contributed by atoms with Gasteiger partial charge in [-0.15, -0.1) is 0 Å². The van der Waals surface area contributed by atoms with Crippen molar-refractivity contribution in [1.82, 2.24) is 10.2 Å². The van der Waals surface area contributed by atoms with Crippen molar-refractivity contribution in [3.63, 3.8) is 0 Å². The maximum Gasteiger partial charge on any atom is 0.0221 e. The van der Waals surface area contributed by atoms with Crippen LogP contribution in [0.15, 0.2) is 0 Å². The van der Waals surface area contributed by atoms with Gasteiger partial charge in [0.05, 0.1) is 0 Å². The van der Waals surface area contributed by atoms with Crippen molar-refractivity contribution < 1.29 is 0 Å². The van der Waals surface area contributed by atoms with Crippen molar-refractivity contribution in [1.29, 1.82) is 0 Å². The molecule has 2 nitrogen and oxygen atoms in total. The Morgan fingerprint density at radius 3 is 1.91 bits per heavy atom. The van der Waals surface area contributed by atoms with Crippen molar-refractivity contribution in [3.05, 3.63) is 0 Å². The summed E-state index contributed by atoms with van der Waals surface area (Å²) in [5.74, 6) is 0. The fraction of sp³-hybridized carbons (Fsp3) is 1.00. The molecule has 2 unspecified atom stereocenters. The maximum atomic E-state index is 3.44. The lowest BCUT2D eigenvalue weighted by molar-refractivity contribution is 0.193. The van der Waals surface area contributed by atoms with E-state index >= 15 is 0 Å². The Hall–Kier alpha value is -0.0800. The predicted molar refractivity (Wildman–Crippen MR) is 48.8 cm³/mol. The number of nitrogens with zero attached hydrogens (tertiary/aromatic N) is 1. The molecule has 0 aromatic carbocycles. The number of hydrogen-bond donors (Lipinski definition) is 1. The second kappa shape index (κ2) is 4.07. The van der Waals surface area contributed by atoms with Crippen molar-refractivity contribution in [3.8, 4) is 0 Å². The van der Waals surface area contributed by atoms with Crippen LogP contribution >= 0.6 is 0 Å². The van der Waals surface area contributed by atoms with Crippen molar-refractivity contribution in [2.45, 2.75) is 38.8 Å². The van der Waals surface area contributed by atoms with Gasteiger partial charge in [0.2, 0.25) is 0 Å². The highest BCUT2D eigenvalue weighted by Crippen LogP contribution is 2.23. The molecule has 2 fully saturated rings. The summed E-state index contributed by atoms with van der Waals surface area (Å²) in [7, 11) is 2.25. The molecule has 2 atom stereocenters. The standard InChI is InChI=1S/C7H14N2.C2H6/c1-9-6-2-3-7(9)5-8-4-6;1-2/h6-8H,2-5H2,1H3;1-2H3. The van der Waals surface area contributed by atoms with Crippen LogP contribution in [0.1, 0.15) is 26.7 Å². The molecular weight excluding hydrogens is 136 g/mol. The van der Waals surface area contributed by atoms with E-state index in [0.29, 0.717) is 0 Å². The van der Waals surface area contributed by atoms with Crippen LogP contribution < -0.4 is 5.32 Å². The van der Waals surface area contributed by atoms with Crippen LogP contribution in [-0.2, 0) is 0 Å². The molecule has 2 bridgehead atoms. The van der Waals surface area contributed by atoms with Gasteiger partial charge in [0.25, 0.3) is 0 Å². The molecule has 2 aliphatic rings. The zero-order valence-electron chi connectivity index (χ0n) is 7.93. The highest BCUT2D eigenvalue weighted by molar-refractivity contribution is 4.92. The van der Waals surface area contributed by atoms with Gasteiger partial charge in [-0.1, -0.05) is 13.8 Å². The average molecular weight is 156 g/mol. The van der Waals surface area contributed by atoms with Crippen LogP contribution in [0.4, 0.5) is 0 Å². The Morgan fingerprint density at radius 1 is 1.09 bits per heavy atom. The average Bonchev–Trinajstić information content (AvgIpc) is 2.30. The normalized spacial score (nSPS) is 36.3. The molecule has 0 saturated carbocycles. The largest absolute Gasteiger partial charge is 0.314 e. The Balaban J connectivity index is 0.000000281. The molecular formula is C9H20N2. The second-order valence-electron chi connectivity index (χ2n) is 3.21. The summed E-state index contributed by atoms with van der Waals surface area (Å²) in [5, 5.41) is 3.44. The minimum absolute atomic E-state index is 0.851. The third-order valence-electron chi connectivity index (χ3n) is 2.74. The van der Waals surface area contributed by atoms with E-state index < -0.39 is 0 Å². The Bertz CT molecular complexity index is 98.1. The van der Waals surface area contributed by atoms with Gasteiger partial charge < -0.3 is 5.32 Å². The molecule has 11 heavy (non-hydrogen) atoms. The number of piperazine rings is 1. The second-order valence-corrected chi connectivity index (χ2v) is 3.21. The first-order valence-electron chi connectivity index (χ1n) is 4.80. The molecule has 2 rings (SSSR count). The first kappa shape index (κ1) is 9.01. The number of hydrogen-bond acceptors (Lipinski definition) is 2. The molecule has 2 heterocycles. The molecule has 0 amide bonds.